The molecule has 0 amide bonds. The number of rotatable bonds is 3. The molecule has 0 aliphatic heterocycles. The molecule has 0 bridgehead atoms. The summed E-state index contributed by atoms with van der Waals surface area (Å²) in [6.07, 6.45) is 0. The summed E-state index contributed by atoms with van der Waals surface area (Å²) < 4.78 is 0. The molecule has 94 valence electrons. The highest BCUT2D eigenvalue weighted by atomic mass is 16.3. The average molecular weight is 244 g/mol. The Labute approximate surface area is 106 Å². The summed E-state index contributed by atoms with van der Waals surface area (Å²) in [6.45, 7) is 1.36. The van der Waals surface area contributed by atoms with Crippen LogP contribution in [-0.4, -0.2) is 15.3 Å². The summed E-state index contributed by atoms with van der Waals surface area (Å²) in [5, 5.41) is 28.5. The minimum absolute atomic E-state index is 0.0165. The second-order valence-corrected chi connectivity index (χ2v) is 4.22. The lowest BCUT2D eigenvalue weighted by atomic mass is 9.93. The van der Waals surface area contributed by atoms with Crippen molar-refractivity contribution in [2.45, 2.75) is 20.1 Å². The van der Waals surface area contributed by atoms with Gasteiger partial charge in [0.1, 0.15) is 5.75 Å². The van der Waals surface area contributed by atoms with E-state index in [1.165, 1.54) is 0 Å². The fourth-order valence-corrected chi connectivity index (χ4v) is 2.12. The van der Waals surface area contributed by atoms with Gasteiger partial charge in [0.05, 0.1) is 13.2 Å². The van der Waals surface area contributed by atoms with E-state index in [9.17, 15) is 15.3 Å². The molecule has 0 aromatic heterocycles. The van der Waals surface area contributed by atoms with Gasteiger partial charge in [-0.25, -0.2) is 0 Å². The van der Waals surface area contributed by atoms with Crippen LogP contribution >= 0.6 is 0 Å². The maximum absolute atomic E-state index is 9.92. The Hall–Kier alpha value is -1.84. The summed E-state index contributed by atoms with van der Waals surface area (Å²) in [7, 11) is 0. The van der Waals surface area contributed by atoms with E-state index in [0.717, 1.165) is 16.7 Å². The minimum atomic E-state index is -0.251. The number of benzene rings is 2. The molecule has 2 aromatic rings. The Morgan fingerprint density at radius 2 is 1.67 bits per heavy atom. The summed E-state index contributed by atoms with van der Waals surface area (Å²) >= 11 is 0. The Morgan fingerprint density at radius 1 is 1.00 bits per heavy atom. The highest BCUT2D eigenvalue weighted by molar-refractivity contribution is 5.71. The second-order valence-electron chi connectivity index (χ2n) is 4.22. The van der Waals surface area contributed by atoms with Crippen molar-refractivity contribution >= 4 is 0 Å². The lowest BCUT2D eigenvalue weighted by Gasteiger charge is -2.15. The first-order valence-electron chi connectivity index (χ1n) is 5.80. The molecule has 0 radical (unpaired) electrons. The van der Waals surface area contributed by atoms with Crippen molar-refractivity contribution < 1.29 is 15.3 Å². The van der Waals surface area contributed by atoms with Crippen LogP contribution in [-0.2, 0) is 13.2 Å². The topological polar surface area (TPSA) is 60.7 Å². The second kappa shape index (κ2) is 5.21. The van der Waals surface area contributed by atoms with Gasteiger partial charge in [0, 0.05) is 11.1 Å². The van der Waals surface area contributed by atoms with Crippen LogP contribution in [0.15, 0.2) is 36.4 Å². The maximum Gasteiger partial charge on any atom is 0.126 e. The zero-order valence-electron chi connectivity index (χ0n) is 10.2. The molecular formula is C15H16O3. The quantitative estimate of drug-likeness (QED) is 0.776. The predicted octanol–water partition coefficient (Wildman–Crippen LogP) is 2.35. The summed E-state index contributed by atoms with van der Waals surface area (Å²) in [5.74, 6) is -0.0165. The van der Waals surface area contributed by atoms with Crippen molar-refractivity contribution in [1.82, 2.24) is 0 Å². The van der Waals surface area contributed by atoms with Gasteiger partial charge in [-0.1, -0.05) is 30.3 Å². The molecule has 0 atom stereocenters. The number of aliphatic hydroxyl groups excluding tert-OH is 2. The van der Waals surface area contributed by atoms with Gasteiger partial charge in [-0.15, -0.1) is 0 Å². The van der Waals surface area contributed by atoms with Crippen molar-refractivity contribution in [2.75, 3.05) is 0 Å². The van der Waals surface area contributed by atoms with Gasteiger partial charge < -0.3 is 15.3 Å². The van der Waals surface area contributed by atoms with E-state index >= 15 is 0 Å². The number of hydrogen-bond acceptors (Lipinski definition) is 3. The van der Waals surface area contributed by atoms with E-state index < -0.39 is 0 Å². The first-order valence-corrected chi connectivity index (χ1v) is 5.80. The van der Waals surface area contributed by atoms with Crippen LogP contribution in [0.1, 0.15) is 16.7 Å². The number of phenols is 1. The van der Waals surface area contributed by atoms with E-state index in [1.807, 2.05) is 37.3 Å². The minimum Gasteiger partial charge on any atom is -0.507 e. The standard InChI is InChI=1S/C15H16O3/c1-10-13(11-5-3-2-4-6-11)7-12(8-16)15(18)14(10)9-17/h2-7,16-18H,8-9H2,1H3. The third-order valence-corrected chi connectivity index (χ3v) is 3.18. The lowest BCUT2D eigenvalue weighted by Crippen LogP contribution is -1.98. The van der Waals surface area contributed by atoms with Gasteiger partial charge in [0.15, 0.2) is 0 Å². The van der Waals surface area contributed by atoms with Crippen LogP contribution in [0.25, 0.3) is 11.1 Å². The normalized spacial score (nSPS) is 10.6. The monoisotopic (exact) mass is 244 g/mol. The van der Waals surface area contributed by atoms with Crippen molar-refractivity contribution in [3.8, 4) is 16.9 Å². The first-order chi connectivity index (χ1) is 8.69. The zero-order chi connectivity index (χ0) is 13.1. The van der Waals surface area contributed by atoms with Gasteiger partial charge in [0.25, 0.3) is 0 Å². The van der Waals surface area contributed by atoms with Gasteiger partial charge in [-0.05, 0) is 29.7 Å². The highest BCUT2D eigenvalue weighted by Gasteiger charge is 2.14. The van der Waals surface area contributed by atoms with Gasteiger partial charge in [0.2, 0.25) is 0 Å². The first kappa shape index (κ1) is 12.6. The largest absolute Gasteiger partial charge is 0.507 e. The molecule has 3 nitrogen and oxygen atoms in total. The summed E-state index contributed by atoms with van der Waals surface area (Å²) in [4.78, 5) is 0. The molecule has 2 aromatic carbocycles. The summed E-state index contributed by atoms with van der Waals surface area (Å²) in [6, 6.07) is 11.5. The lowest BCUT2D eigenvalue weighted by molar-refractivity contribution is 0.263. The molecular weight excluding hydrogens is 228 g/mol. The van der Waals surface area contributed by atoms with Crippen LogP contribution in [0.3, 0.4) is 0 Å². The Kier molecular flexibility index (Phi) is 3.65. The molecule has 18 heavy (non-hydrogen) atoms. The number of hydrogen-bond donors (Lipinski definition) is 3. The van der Waals surface area contributed by atoms with Gasteiger partial charge in [-0.2, -0.15) is 0 Å². The predicted molar refractivity (Wildman–Crippen MR) is 70.1 cm³/mol. The fourth-order valence-electron chi connectivity index (χ4n) is 2.12. The molecule has 0 fully saturated rings. The molecule has 0 heterocycles. The SMILES string of the molecule is Cc1c(-c2ccccc2)cc(CO)c(O)c1CO. The van der Waals surface area contributed by atoms with Crippen molar-refractivity contribution in [3.05, 3.63) is 53.1 Å². The van der Waals surface area contributed by atoms with Crippen molar-refractivity contribution in [2.24, 2.45) is 0 Å². The Bertz CT molecular complexity index is 547. The van der Waals surface area contributed by atoms with Gasteiger partial charge >= 0.3 is 0 Å². The molecule has 0 aliphatic carbocycles. The van der Waals surface area contributed by atoms with Crippen LogP contribution < -0.4 is 0 Å². The molecule has 2 rings (SSSR count). The third-order valence-electron chi connectivity index (χ3n) is 3.18. The highest BCUT2D eigenvalue weighted by Crippen LogP contribution is 2.34. The van der Waals surface area contributed by atoms with E-state index in [1.54, 1.807) is 6.07 Å². The average Bonchev–Trinajstić information content (AvgIpc) is 2.41. The molecule has 3 N–H and O–H groups in total. The molecule has 0 spiro atoms. The molecule has 0 saturated carbocycles. The van der Waals surface area contributed by atoms with E-state index in [2.05, 4.69) is 0 Å². The van der Waals surface area contributed by atoms with Gasteiger partial charge in [-0.3, -0.25) is 0 Å². The van der Waals surface area contributed by atoms with E-state index in [0.29, 0.717) is 11.1 Å². The maximum atomic E-state index is 9.92. The van der Waals surface area contributed by atoms with Crippen LogP contribution in [0.2, 0.25) is 0 Å². The van der Waals surface area contributed by atoms with Crippen LogP contribution in [0, 0.1) is 6.92 Å². The molecule has 0 saturated heterocycles. The number of aromatic hydroxyl groups is 1. The smallest absolute Gasteiger partial charge is 0.126 e. The van der Waals surface area contributed by atoms with E-state index in [-0.39, 0.29) is 19.0 Å². The third kappa shape index (κ3) is 2.10. The van der Waals surface area contributed by atoms with Crippen molar-refractivity contribution in [3.63, 3.8) is 0 Å². The molecule has 0 unspecified atom stereocenters. The zero-order valence-corrected chi connectivity index (χ0v) is 10.2. The Morgan fingerprint density at radius 3 is 2.22 bits per heavy atom. The molecule has 0 aliphatic rings. The Balaban J connectivity index is 2.68. The van der Waals surface area contributed by atoms with Crippen LogP contribution in [0.5, 0.6) is 5.75 Å². The fraction of sp³-hybridized carbons (Fsp3) is 0.200. The summed E-state index contributed by atoms with van der Waals surface area (Å²) in [5.41, 5.74) is 3.66. The van der Waals surface area contributed by atoms with E-state index in [4.69, 9.17) is 0 Å². The van der Waals surface area contributed by atoms with Crippen LogP contribution in [0.4, 0.5) is 0 Å². The molecule has 3 heteroatoms. The van der Waals surface area contributed by atoms with Crippen molar-refractivity contribution in [1.29, 1.82) is 0 Å². The number of aliphatic hydroxyl groups is 2.